The third kappa shape index (κ3) is 6.06. The van der Waals surface area contributed by atoms with Gasteiger partial charge in [-0.25, -0.2) is 0 Å². The van der Waals surface area contributed by atoms with Crippen molar-refractivity contribution in [1.82, 2.24) is 5.32 Å². The van der Waals surface area contributed by atoms with E-state index >= 15 is 0 Å². The highest BCUT2D eigenvalue weighted by molar-refractivity contribution is 5.79. The van der Waals surface area contributed by atoms with Crippen LogP contribution < -0.4 is 11.1 Å². The molecule has 0 bridgehead atoms. The lowest BCUT2D eigenvalue weighted by Gasteiger charge is -2.16. The zero-order valence-electron chi connectivity index (χ0n) is 9.58. The zero-order valence-corrected chi connectivity index (χ0v) is 9.58. The Bertz CT molecular complexity index is 217. The maximum atomic E-state index is 11.3. The number of amides is 1. The molecule has 88 valence electrons. The maximum absolute atomic E-state index is 11.3. The molecule has 1 amide bonds. The summed E-state index contributed by atoms with van der Waals surface area (Å²) in [5.74, 6) is -0.456. The van der Waals surface area contributed by atoms with E-state index in [-0.39, 0.29) is 24.3 Å². The van der Waals surface area contributed by atoms with Crippen molar-refractivity contribution in [1.29, 1.82) is 0 Å². The molecule has 0 heterocycles. The number of nitrogens with two attached hydrogens (primary N) is 1. The van der Waals surface area contributed by atoms with Crippen LogP contribution in [0.3, 0.4) is 0 Å². The molecular formula is C10H20N2O3. The van der Waals surface area contributed by atoms with E-state index in [1.807, 2.05) is 13.8 Å². The molecule has 1 atom stereocenters. The summed E-state index contributed by atoms with van der Waals surface area (Å²) < 4.78 is 4.66. The summed E-state index contributed by atoms with van der Waals surface area (Å²) >= 11 is 0. The van der Waals surface area contributed by atoms with Gasteiger partial charge in [0.25, 0.3) is 0 Å². The van der Waals surface area contributed by atoms with Crippen molar-refractivity contribution in [2.75, 3.05) is 20.2 Å². The Labute approximate surface area is 90.4 Å². The highest BCUT2D eigenvalue weighted by Gasteiger charge is 2.20. The van der Waals surface area contributed by atoms with E-state index in [2.05, 4.69) is 10.1 Å². The average Bonchev–Trinajstić information content (AvgIpc) is 2.21. The number of hydrogen-bond acceptors (Lipinski definition) is 4. The van der Waals surface area contributed by atoms with Crippen molar-refractivity contribution in [3.63, 3.8) is 0 Å². The van der Waals surface area contributed by atoms with Crippen LogP contribution in [0, 0.1) is 11.8 Å². The number of esters is 1. The first kappa shape index (κ1) is 13.9. The molecule has 0 aromatic carbocycles. The molecule has 1 unspecified atom stereocenters. The minimum atomic E-state index is -0.291. The molecule has 0 saturated heterocycles. The fourth-order valence-corrected chi connectivity index (χ4v) is 1.31. The van der Waals surface area contributed by atoms with E-state index in [0.717, 1.165) is 0 Å². The van der Waals surface area contributed by atoms with Gasteiger partial charge in [-0.15, -0.1) is 0 Å². The van der Waals surface area contributed by atoms with Gasteiger partial charge in [-0.2, -0.15) is 0 Å². The highest BCUT2D eigenvalue weighted by atomic mass is 16.5. The first-order valence-corrected chi connectivity index (χ1v) is 5.05. The van der Waals surface area contributed by atoms with Gasteiger partial charge in [-0.05, 0) is 12.3 Å². The Morgan fingerprint density at radius 2 is 2.00 bits per heavy atom. The van der Waals surface area contributed by atoms with Crippen LogP contribution in [-0.4, -0.2) is 32.1 Å². The second kappa shape index (κ2) is 7.23. The Kier molecular flexibility index (Phi) is 6.70. The van der Waals surface area contributed by atoms with Crippen LogP contribution in [0.1, 0.15) is 20.3 Å². The normalized spacial score (nSPS) is 12.3. The fraction of sp³-hybridized carbons (Fsp3) is 0.800. The Balaban J connectivity index is 4.12. The molecule has 0 fully saturated rings. The molecule has 0 aliphatic heterocycles. The summed E-state index contributed by atoms with van der Waals surface area (Å²) in [5, 5.41) is 2.59. The van der Waals surface area contributed by atoms with Crippen LogP contribution in [0.15, 0.2) is 0 Å². The van der Waals surface area contributed by atoms with Crippen molar-refractivity contribution in [2.24, 2.45) is 17.6 Å². The molecule has 0 aliphatic rings. The summed E-state index contributed by atoms with van der Waals surface area (Å²) in [7, 11) is 1.35. The first-order chi connectivity index (χ1) is 7.01. The average molecular weight is 216 g/mol. The predicted octanol–water partition coefficient (Wildman–Crippen LogP) is -0.103. The van der Waals surface area contributed by atoms with Crippen LogP contribution in [0.25, 0.3) is 0 Å². The van der Waals surface area contributed by atoms with Gasteiger partial charge in [0.15, 0.2) is 0 Å². The summed E-state index contributed by atoms with van der Waals surface area (Å²) in [6, 6.07) is 0. The largest absolute Gasteiger partial charge is 0.469 e. The van der Waals surface area contributed by atoms with Crippen LogP contribution in [0.2, 0.25) is 0 Å². The molecule has 3 N–H and O–H groups in total. The minimum Gasteiger partial charge on any atom is -0.469 e. The number of carbonyl (C=O) groups excluding carboxylic acids is 2. The van der Waals surface area contributed by atoms with Gasteiger partial charge in [-0.3, -0.25) is 9.59 Å². The third-order valence-corrected chi connectivity index (χ3v) is 2.02. The van der Waals surface area contributed by atoms with Gasteiger partial charge in [0, 0.05) is 6.54 Å². The van der Waals surface area contributed by atoms with E-state index in [9.17, 15) is 9.59 Å². The highest BCUT2D eigenvalue weighted by Crippen LogP contribution is 2.12. The molecule has 0 aromatic heterocycles. The lowest BCUT2D eigenvalue weighted by molar-refractivity contribution is -0.145. The van der Waals surface area contributed by atoms with Crippen LogP contribution in [0.5, 0.6) is 0 Å². The number of nitrogens with one attached hydrogen (secondary N) is 1. The molecule has 0 rings (SSSR count). The van der Waals surface area contributed by atoms with E-state index in [4.69, 9.17) is 5.73 Å². The second-order valence-electron chi connectivity index (χ2n) is 3.86. The van der Waals surface area contributed by atoms with Gasteiger partial charge in [0.05, 0.1) is 19.6 Å². The van der Waals surface area contributed by atoms with Gasteiger partial charge in [0.2, 0.25) is 5.91 Å². The molecule has 0 radical (unpaired) electrons. The molecule has 0 spiro atoms. The van der Waals surface area contributed by atoms with E-state index < -0.39 is 0 Å². The van der Waals surface area contributed by atoms with E-state index in [1.165, 1.54) is 7.11 Å². The number of hydrogen-bond donors (Lipinski definition) is 2. The van der Waals surface area contributed by atoms with Gasteiger partial charge >= 0.3 is 5.97 Å². The second-order valence-corrected chi connectivity index (χ2v) is 3.86. The summed E-state index contributed by atoms with van der Waals surface area (Å²) in [4.78, 5) is 22.3. The lowest BCUT2D eigenvalue weighted by Crippen LogP contribution is -2.37. The maximum Gasteiger partial charge on any atom is 0.310 e. The Morgan fingerprint density at radius 1 is 1.40 bits per heavy atom. The standard InChI is InChI=1S/C10H20N2O3/c1-7(2)4-8(10(14)15-3)6-12-9(13)5-11/h7-8H,4-6,11H2,1-3H3,(H,12,13). The van der Waals surface area contributed by atoms with Crippen molar-refractivity contribution < 1.29 is 14.3 Å². The van der Waals surface area contributed by atoms with Crippen LogP contribution in [0.4, 0.5) is 0 Å². The summed E-state index contributed by atoms with van der Waals surface area (Å²) in [6.45, 7) is 4.26. The quantitative estimate of drug-likeness (QED) is 0.607. The summed E-state index contributed by atoms with van der Waals surface area (Å²) in [6.07, 6.45) is 0.692. The molecule has 15 heavy (non-hydrogen) atoms. The number of carbonyl (C=O) groups is 2. The number of methoxy groups -OCH3 is 1. The number of ether oxygens (including phenoxy) is 1. The van der Waals surface area contributed by atoms with Crippen molar-refractivity contribution >= 4 is 11.9 Å². The van der Waals surface area contributed by atoms with Crippen LogP contribution >= 0.6 is 0 Å². The SMILES string of the molecule is COC(=O)C(CNC(=O)CN)CC(C)C. The van der Waals surface area contributed by atoms with E-state index in [0.29, 0.717) is 18.9 Å². The molecular weight excluding hydrogens is 196 g/mol. The van der Waals surface area contributed by atoms with Gasteiger partial charge < -0.3 is 15.8 Å². The molecule has 0 saturated carbocycles. The molecule has 5 heteroatoms. The molecule has 0 aromatic rings. The smallest absolute Gasteiger partial charge is 0.310 e. The fourth-order valence-electron chi connectivity index (χ4n) is 1.31. The summed E-state index contributed by atoms with van der Waals surface area (Å²) in [5.41, 5.74) is 5.14. The van der Waals surface area contributed by atoms with E-state index in [1.54, 1.807) is 0 Å². The lowest BCUT2D eigenvalue weighted by atomic mass is 9.97. The molecule has 5 nitrogen and oxygen atoms in total. The third-order valence-electron chi connectivity index (χ3n) is 2.02. The molecule has 0 aliphatic carbocycles. The predicted molar refractivity (Wildman–Crippen MR) is 57.0 cm³/mol. The monoisotopic (exact) mass is 216 g/mol. The Morgan fingerprint density at radius 3 is 2.40 bits per heavy atom. The topological polar surface area (TPSA) is 81.4 Å². The van der Waals surface area contributed by atoms with Crippen molar-refractivity contribution in [3.05, 3.63) is 0 Å². The number of rotatable bonds is 6. The van der Waals surface area contributed by atoms with Crippen LogP contribution in [-0.2, 0) is 14.3 Å². The minimum absolute atomic E-state index is 0.0599. The van der Waals surface area contributed by atoms with Crippen molar-refractivity contribution in [3.8, 4) is 0 Å². The van der Waals surface area contributed by atoms with Crippen molar-refractivity contribution in [2.45, 2.75) is 20.3 Å². The van der Waals surface area contributed by atoms with Gasteiger partial charge in [-0.1, -0.05) is 13.8 Å². The first-order valence-electron chi connectivity index (χ1n) is 5.05. The Hall–Kier alpha value is -1.10. The van der Waals surface area contributed by atoms with Gasteiger partial charge in [0.1, 0.15) is 0 Å². The zero-order chi connectivity index (χ0) is 11.8.